The molecule has 1 heterocycles. The fraction of sp³-hybridized carbons (Fsp3) is 0.917. The zero-order chi connectivity index (χ0) is 12.9. The third kappa shape index (κ3) is 5.37. The molecule has 1 saturated heterocycles. The van der Waals surface area contributed by atoms with Crippen molar-refractivity contribution in [3.05, 3.63) is 0 Å². The minimum absolute atomic E-state index is 0.189. The molecule has 100 valence electrons. The normalized spacial score (nSPS) is 18.2. The Morgan fingerprint density at radius 1 is 1.29 bits per heavy atom. The van der Waals surface area contributed by atoms with E-state index in [1.54, 1.807) is 12.0 Å². The van der Waals surface area contributed by atoms with Crippen molar-refractivity contribution in [3.63, 3.8) is 0 Å². The Kier molecular flexibility index (Phi) is 5.21. The smallest absolute Gasteiger partial charge is 0.410 e. The molecule has 0 N–H and O–H groups in total. The van der Waals surface area contributed by atoms with Crippen LogP contribution in [0, 0.1) is 0 Å². The summed E-state index contributed by atoms with van der Waals surface area (Å²) in [5.41, 5.74) is -0.430. The minimum Gasteiger partial charge on any atom is -0.444 e. The predicted molar refractivity (Wildman–Crippen MR) is 63.8 cm³/mol. The number of likely N-dealkylation sites (tertiary alicyclic amines) is 1. The number of piperidine rings is 1. The van der Waals surface area contributed by atoms with Gasteiger partial charge in [0.25, 0.3) is 0 Å². The van der Waals surface area contributed by atoms with E-state index in [0.717, 1.165) is 12.8 Å². The van der Waals surface area contributed by atoms with Crippen LogP contribution in [0.3, 0.4) is 0 Å². The molecule has 0 aromatic rings. The van der Waals surface area contributed by atoms with Crippen molar-refractivity contribution < 1.29 is 19.0 Å². The Hall–Kier alpha value is -0.810. The highest BCUT2D eigenvalue weighted by Gasteiger charge is 2.26. The van der Waals surface area contributed by atoms with Crippen LogP contribution in [0.5, 0.6) is 0 Å². The zero-order valence-electron chi connectivity index (χ0n) is 11.2. The van der Waals surface area contributed by atoms with E-state index in [9.17, 15) is 4.79 Å². The van der Waals surface area contributed by atoms with Crippen LogP contribution < -0.4 is 0 Å². The molecule has 1 rings (SSSR count). The molecule has 0 bridgehead atoms. The van der Waals surface area contributed by atoms with Gasteiger partial charge in [-0.05, 0) is 33.6 Å². The van der Waals surface area contributed by atoms with E-state index in [1.807, 2.05) is 20.8 Å². The molecule has 17 heavy (non-hydrogen) atoms. The molecule has 0 saturated carbocycles. The highest BCUT2D eigenvalue weighted by molar-refractivity contribution is 5.68. The van der Waals surface area contributed by atoms with Crippen molar-refractivity contribution in [1.29, 1.82) is 0 Å². The number of carbonyl (C=O) groups excluding carboxylic acids is 1. The lowest BCUT2D eigenvalue weighted by Crippen LogP contribution is -2.43. The van der Waals surface area contributed by atoms with Crippen LogP contribution in [0.1, 0.15) is 33.6 Å². The number of ether oxygens (including phenoxy) is 3. The summed E-state index contributed by atoms with van der Waals surface area (Å²) in [7, 11) is 1.61. The van der Waals surface area contributed by atoms with Crippen molar-refractivity contribution >= 4 is 6.09 Å². The maximum Gasteiger partial charge on any atom is 0.410 e. The predicted octanol–water partition coefficient (Wildman–Crippen LogP) is 2.01. The minimum atomic E-state index is -0.430. The third-order valence-corrected chi connectivity index (χ3v) is 2.52. The first-order valence-electron chi connectivity index (χ1n) is 6.01. The summed E-state index contributed by atoms with van der Waals surface area (Å²) in [5.74, 6) is 0. The maximum absolute atomic E-state index is 11.8. The monoisotopic (exact) mass is 245 g/mol. The second kappa shape index (κ2) is 6.21. The van der Waals surface area contributed by atoms with Crippen LogP contribution in [0.15, 0.2) is 0 Å². The van der Waals surface area contributed by atoms with Gasteiger partial charge < -0.3 is 19.1 Å². The highest BCUT2D eigenvalue weighted by atomic mass is 16.7. The van der Waals surface area contributed by atoms with Gasteiger partial charge in [0.2, 0.25) is 0 Å². The van der Waals surface area contributed by atoms with Crippen molar-refractivity contribution in [3.8, 4) is 0 Å². The van der Waals surface area contributed by atoms with E-state index in [-0.39, 0.29) is 12.2 Å². The molecule has 0 radical (unpaired) electrons. The molecule has 1 aliphatic rings. The molecule has 0 aromatic carbocycles. The number of nitrogens with zero attached hydrogens (tertiary/aromatic N) is 1. The molecule has 5 nitrogen and oxygen atoms in total. The molecule has 0 spiro atoms. The van der Waals surface area contributed by atoms with Crippen LogP contribution in [0.25, 0.3) is 0 Å². The van der Waals surface area contributed by atoms with E-state index in [4.69, 9.17) is 14.2 Å². The van der Waals surface area contributed by atoms with Crippen LogP contribution in [0.2, 0.25) is 0 Å². The highest BCUT2D eigenvalue weighted by Crippen LogP contribution is 2.17. The van der Waals surface area contributed by atoms with E-state index < -0.39 is 5.60 Å². The van der Waals surface area contributed by atoms with E-state index in [2.05, 4.69) is 0 Å². The fourth-order valence-electron chi connectivity index (χ4n) is 1.70. The summed E-state index contributed by atoms with van der Waals surface area (Å²) < 4.78 is 15.6. The summed E-state index contributed by atoms with van der Waals surface area (Å²) in [5, 5.41) is 0. The number of hydrogen-bond donors (Lipinski definition) is 0. The van der Waals surface area contributed by atoms with E-state index >= 15 is 0 Å². The Balaban J connectivity index is 2.29. The lowest BCUT2D eigenvalue weighted by atomic mass is 10.1. The van der Waals surface area contributed by atoms with Gasteiger partial charge in [0.1, 0.15) is 12.4 Å². The Labute approximate surface area is 103 Å². The van der Waals surface area contributed by atoms with Gasteiger partial charge >= 0.3 is 6.09 Å². The Morgan fingerprint density at radius 3 is 2.35 bits per heavy atom. The number of hydrogen-bond acceptors (Lipinski definition) is 4. The molecular weight excluding hydrogens is 222 g/mol. The SMILES string of the molecule is COCOC1CCN(C(=O)OC(C)(C)C)CC1. The fourth-order valence-corrected chi connectivity index (χ4v) is 1.70. The van der Waals surface area contributed by atoms with Gasteiger partial charge in [-0.2, -0.15) is 0 Å². The summed E-state index contributed by atoms with van der Waals surface area (Å²) in [4.78, 5) is 13.5. The summed E-state index contributed by atoms with van der Waals surface area (Å²) in [6.07, 6.45) is 1.63. The first-order chi connectivity index (χ1) is 7.92. The Morgan fingerprint density at radius 2 is 1.88 bits per heavy atom. The maximum atomic E-state index is 11.8. The number of carbonyl (C=O) groups is 1. The molecular formula is C12H23NO4. The zero-order valence-corrected chi connectivity index (χ0v) is 11.2. The second-order valence-electron chi connectivity index (χ2n) is 5.24. The molecule has 0 unspecified atom stereocenters. The lowest BCUT2D eigenvalue weighted by molar-refractivity contribution is -0.0886. The van der Waals surface area contributed by atoms with E-state index in [1.165, 1.54) is 0 Å². The van der Waals surface area contributed by atoms with Crippen LogP contribution >= 0.6 is 0 Å². The molecule has 1 fully saturated rings. The number of methoxy groups -OCH3 is 1. The molecule has 0 aromatic heterocycles. The average molecular weight is 245 g/mol. The molecule has 1 amide bonds. The number of amides is 1. The van der Waals surface area contributed by atoms with Gasteiger partial charge in [0.15, 0.2) is 0 Å². The van der Waals surface area contributed by atoms with Gasteiger partial charge in [-0.15, -0.1) is 0 Å². The quantitative estimate of drug-likeness (QED) is 0.714. The van der Waals surface area contributed by atoms with Crippen LogP contribution in [-0.4, -0.2) is 49.7 Å². The Bertz CT molecular complexity index is 241. The van der Waals surface area contributed by atoms with Crippen molar-refractivity contribution in [2.45, 2.75) is 45.3 Å². The largest absolute Gasteiger partial charge is 0.444 e. The average Bonchev–Trinajstić information content (AvgIpc) is 2.24. The molecule has 0 atom stereocenters. The van der Waals surface area contributed by atoms with Gasteiger partial charge in [-0.3, -0.25) is 0 Å². The first kappa shape index (κ1) is 14.3. The van der Waals surface area contributed by atoms with E-state index in [0.29, 0.717) is 19.9 Å². The first-order valence-corrected chi connectivity index (χ1v) is 6.01. The van der Waals surface area contributed by atoms with Crippen molar-refractivity contribution in [2.75, 3.05) is 27.0 Å². The third-order valence-electron chi connectivity index (χ3n) is 2.52. The lowest BCUT2D eigenvalue weighted by Gasteiger charge is -2.33. The van der Waals surface area contributed by atoms with Crippen LogP contribution in [-0.2, 0) is 14.2 Å². The standard InChI is InChI=1S/C12H23NO4/c1-12(2,3)17-11(14)13-7-5-10(6-8-13)16-9-15-4/h10H,5-9H2,1-4H3. The number of rotatable bonds is 3. The summed E-state index contributed by atoms with van der Waals surface area (Å²) in [6.45, 7) is 7.31. The summed E-state index contributed by atoms with van der Waals surface area (Å²) >= 11 is 0. The van der Waals surface area contributed by atoms with Crippen LogP contribution in [0.4, 0.5) is 4.79 Å². The molecule has 1 aliphatic heterocycles. The second-order valence-corrected chi connectivity index (χ2v) is 5.24. The van der Waals surface area contributed by atoms with Gasteiger partial charge in [-0.25, -0.2) is 4.79 Å². The molecule has 5 heteroatoms. The topological polar surface area (TPSA) is 48.0 Å². The van der Waals surface area contributed by atoms with Gasteiger partial charge in [0.05, 0.1) is 6.10 Å². The molecule has 0 aliphatic carbocycles. The van der Waals surface area contributed by atoms with Crippen molar-refractivity contribution in [1.82, 2.24) is 4.90 Å². The van der Waals surface area contributed by atoms with Gasteiger partial charge in [0, 0.05) is 20.2 Å². The van der Waals surface area contributed by atoms with Gasteiger partial charge in [-0.1, -0.05) is 0 Å². The van der Waals surface area contributed by atoms with Crippen molar-refractivity contribution in [2.24, 2.45) is 0 Å². The summed E-state index contributed by atoms with van der Waals surface area (Å²) in [6, 6.07) is 0.